The molecular weight excluding hydrogens is 212 g/mol. The van der Waals surface area contributed by atoms with Gasteiger partial charge >= 0.3 is 0 Å². The lowest BCUT2D eigenvalue weighted by Crippen LogP contribution is -1.98. The highest BCUT2D eigenvalue weighted by Crippen LogP contribution is 2.36. The van der Waals surface area contributed by atoms with E-state index < -0.39 is 0 Å². The lowest BCUT2D eigenvalue weighted by Gasteiger charge is -2.01. The van der Waals surface area contributed by atoms with Crippen molar-refractivity contribution in [3.63, 3.8) is 0 Å². The summed E-state index contributed by atoms with van der Waals surface area (Å²) in [4.78, 5) is 23.5. The third kappa shape index (κ3) is 1.34. The number of carbonyl (C=O) groups excluding carboxylic acids is 2. The van der Waals surface area contributed by atoms with Crippen LogP contribution in [-0.4, -0.2) is 11.6 Å². The molecule has 0 bridgehead atoms. The van der Waals surface area contributed by atoms with E-state index in [1.807, 2.05) is 30.3 Å². The molecule has 2 aromatic rings. The molecule has 2 nitrogen and oxygen atoms in total. The minimum atomic E-state index is -0.0171. The topological polar surface area (TPSA) is 34.1 Å². The van der Waals surface area contributed by atoms with Crippen LogP contribution in [-0.2, 0) is 0 Å². The molecular formula is C15H10O2. The van der Waals surface area contributed by atoms with Crippen LogP contribution in [0.4, 0.5) is 0 Å². The van der Waals surface area contributed by atoms with Crippen LogP contribution in [0, 0.1) is 0 Å². The number of carbonyl (C=O) groups is 2. The zero-order chi connectivity index (χ0) is 12.0. The molecule has 1 aliphatic rings. The zero-order valence-corrected chi connectivity index (χ0v) is 9.36. The van der Waals surface area contributed by atoms with Gasteiger partial charge < -0.3 is 0 Å². The van der Waals surface area contributed by atoms with Crippen molar-refractivity contribution >= 4 is 11.6 Å². The Labute approximate surface area is 98.9 Å². The van der Waals surface area contributed by atoms with Crippen LogP contribution in [0.3, 0.4) is 0 Å². The maximum absolute atomic E-state index is 12.2. The fourth-order valence-corrected chi connectivity index (χ4v) is 2.25. The number of Topliss-reactive ketones (excluding diaryl/α,β-unsaturated/α-hetero) is 1. The molecule has 0 aromatic heterocycles. The first-order valence-electron chi connectivity index (χ1n) is 5.47. The molecule has 0 aliphatic heterocycles. The molecule has 1 aliphatic carbocycles. The van der Waals surface area contributed by atoms with Crippen molar-refractivity contribution in [2.45, 2.75) is 6.92 Å². The van der Waals surface area contributed by atoms with Gasteiger partial charge in [0.05, 0.1) is 0 Å². The van der Waals surface area contributed by atoms with Gasteiger partial charge in [0.25, 0.3) is 0 Å². The molecule has 3 rings (SSSR count). The Morgan fingerprint density at radius 1 is 0.882 bits per heavy atom. The average Bonchev–Trinajstić information content (AvgIpc) is 2.64. The Balaban J connectivity index is 2.28. The van der Waals surface area contributed by atoms with Crippen molar-refractivity contribution in [2.24, 2.45) is 0 Å². The highest BCUT2D eigenvalue weighted by molar-refractivity contribution is 6.22. The maximum Gasteiger partial charge on any atom is 0.194 e. The second kappa shape index (κ2) is 3.39. The summed E-state index contributed by atoms with van der Waals surface area (Å²) in [7, 11) is 0. The lowest BCUT2D eigenvalue weighted by molar-refractivity contribution is 0.101. The minimum Gasteiger partial charge on any atom is -0.295 e. The van der Waals surface area contributed by atoms with Crippen LogP contribution in [0.15, 0.2) is 42.5 Å². The number of fused-ring (bicyclic) bond motifs is 3. The molecule has 17 heavy (non-hydrogen) atoms. The predicted molar refractivity (Wildman–Crippen MR) is 65.3 cm³/mol. The molecule has 0 amide bonds. The summed E-state index contributed by atoms with van der Waals surface area (Å²) >= 11 is 0. The molecule has 0 radical (unpaired) electrons. The van der Waals surface area contributed by atoms with Gasteiger partial charge in [0.15, 0.2) is 11.6 Å². The Morgan fingerprint density at radius 3 is 2.24 bits per heavy atom. The molecule has 2 aromatic carbocycles. The molecule has 0 saturated carbocycles. The van der Waals surface area contributed by atoms with Gasteiger partial charge in [-0.05, 0) is 24.1 Å². The first kappa shape index (κ1) is 9.97. The Morgan fingerprint density at radius 2 is 1.53 bits per heavy atom. The van der Waals surface area contributed by atoms with Crippen LogP contribution in [0.25, 0.3) is 11.1 Å². The normalized spacial score (nSPS) is 12.2. The van der Waals surface area contributed by atoms with Gasteiger partial charge in [0, 0.05) is 16.7 Å². The highest BCUT2D eigenvalue weighted by Gasteiger charge is 2.26. The fraction of sp³-hybridized carbons (Fsp3) is 0.0667. The quantitative estimate of drug-likeness (QED) is 0.593. The summed E-state index contributed by atoms with van der Waals surface area (Å²) in [6, 6.07) is 12.9. The van der Waals surface area contributed by atoms with Gasteiger partial charge in [-0.25, -0.2) is 0 Å². The van der Waals surface area contributed by atoms with Gasteiger partial charge in [-0.3, -0.25) is 9.59 Å². The molecule has 2 heteroatoms. The maximum atomic E-state index is 12.2. The molecule has 82 valence electrons. The number of benzene rings is 2. The standard InChI is InChI=1S/C15H10O2/c1-9(16)10-6-7-12-11-4-2-3-5-13(11)15(17)14(12)8-10/h2-8H,1H3. The van der Waals surface area contributed by atoms with E-state index in [0.29, 0.717) is 11.1 Å². The van der Waals surface area contributed by atoms with Crippen LogP contribution < -0.4 is 0 Å². The molecule has 0 unspecified atom stereocenters. The number of rotatable bonds is 1. The zero-order valence-electron chi connectivity index (χ0n) is 9.36. The summed E-state index contributed by atoms with van der Waals surface area (Å²) in [5, 5.41) is 0. The summed E-state index contributed by atoms with van der Waals surface area (Å²) in [6.45, 7) is 1.51. The Bertz CT molecular complexity index is 654. The van der Waals surface area contributed by atoms with E-state index in [1.54, 1.807) is 12.1 Å². The van der Waals surface area contributed by atoms with E-state index in [0.717, 1.165) is 16.7 Å². The Hall–Kier alpha value is -2.22. The van der Waals surface area contributed by atoms with Crippen molar-refractivity contribution in [3.8, 4) is 11.1 Å². The van der Waals surface area contributed by atoms with E-state index in [9.17, 15) is 9.59 Å². The van der Waals surface area contributed by atoms with E-state index >= 15 is 0 Å². The fourth-order valence-electron chi connectivity index (χ4n) is 2.25. The van der Waals surface area contributed by atoms with E-state index in [1.165, 1.54) is 6.92 Å². The third-order valence-corrected chi connectivity index (χ3v) is 3.13. The van der Waals surface area contributed by atoms with Gasteiger partial charge in [-0.1, -0.05) is 36.4 Å². The molecule has 0 saturated heterocycles. The van der Waals surface area contributed by atoms with E-state index in [-0.39, 0.29) is 11.6 Å². The van der Waals surface area contributed by atoms with Gasteiger partial charge in [0.2, 0.25) is 0 Å². The van der Waals surface area contributed by atoms with Crippen molar-refractivity contribution in [1.29, 1.82) is 0 Å². The number of hydrogen-bond donors (Lipinski definition) is 0. The summed E-state index contributed by atoms with van der Waals surface area (Å²) < 4.78 is 0. The third-order valence-electron chi connectivity index (χ3n) is 3.13. The largest absolute Gasteiger partial charge is 0.295 e. The number of ketones is 2. The molecule has 0 fully saturated rings. The van der Waals surface area contributed by atoms with Gasteiger partial charge in [0.1, 0.15) is 0 Å². The van der Waals surface area contributed by atoms with Crippen LogP contribution in [0.1, 0.15) is 33.2 Å². The molecule has 0 N–H and O–H groups in total. The molecule has 0 spiro atoms. The molecule has 0 heterocycles. The summed E-state index contributed by atoms with van der Waals surface area (Å²) in [5.74, 6) is -0.00439. The van der Waals surface area contributed by atoms with Gasteiger partial charge in [-0.2, -0.15) is 0 Å². The van der Waals surface area contributed by atoms with Gasteiger partial charge in [-0.15, -0.1) is 0 Å². The molecule has 0 atom stereocenters. The monoisotopic (exact) mass is 222 g/mol. The predicted octanol–water partition coefficient (Wildman–Crippen LogP) is 3.10. The highest BCUT2D eigenvalue weighted by atomic mass is 16.1. The first-order chi connectivity index (χ1) is 8.18. The van der Waals surface area contributed by atoms with Crippen LogP contribution >= 0.6 is 0 Å². The Kier molecular flexibility index (Phi) is 1.99. The van der Waals surface area contributed by atoms with Crippen molar-refractivity contribution < 1.29 is 9.59 Å². The number of hydrogen-bond acceptors (Lipinski definition) is 2. The SMILES string of the molecule is CC(=O)c1ccc2c(c1)C(=O)c1ccccc1-2. The summed E-state index contributed by atoms with van der Waals surface area (Å²) in [6.07, 6.45) is 0. The van der Waals surface area contributed by atoms with Crippen LogP contribution in [0.2, 0.25) is 0 Å². The smallest absolute Gasteiger partial charge is 0.194 e. The minimum absolute atomic E-state index is 0.0127. The van der Waals surface area contributed by atoms with Crippen molar-refractivity contribution in [3.05, 3.63) is 59.2 Å². The average molecular weight is 222 g/mol. The van der Waals surface area contributed by atoms with E-state index in [4.69, 9.17) is 0 Å². The summed E-state index contributed by atoms with van der Waals surface area (Å²) in [5.41, 5.74) is 3.84. The van der Waals surface area contributed by atoms with Crippen molar-refractivity contribution in [2.75, 3.05) is 0 Å². The van der Waals surface area contributed by atoms with Crippen LogP contribution in [0.5, 0.6) is 0 Å². The van der Waals surface area contributed by atoms with Crippen molar-refractivity contribution in [1.82, 2.24) is 0 Å². The second-order valence-electron chi connectivity index (χ2n) is 4.19. The second-order valence-corrected chi connectivity index (χ2v) is 4.19. The van der Waals surface area contributed by atoms with E-state index in [2.05, 4.69) is 0 Å². The first-order valence-corrected chi connectivity index (χ1v) is 5.47. The lowest BCUT2D eigenvalue weighted by atomic mass is 10.0.